The lowest BCUT2D eigenvalue weighted by molar-refractivity contribution is -0.107. The molecule has 0 radical (unpaired) electrons. The van der Waals surface area contributed by atoms with Gasteiger partial charge in [-0.15, -0.1) is 0 Å². The number of hydrogen-bond acceptors (Lipinski definition) is 3. The number of carbonyl (C=O) groups is 1. The summed E-state index contributed by atoms with van der Waals surface area (Å²) in [4.78, 5) is 10.3. The first-order valence-electron chi connectivity index (χ1n) is 7.85. The molecule has 0 amide bonds. The van der Waals surface area contributed by atoms with E-state index in [0.717, 1.165) is 42.6 Å². The van der Waals surface area contributed by atoms with Gasteiger partial charge in [-0.1, -0.05) is 36.0 Å². The Balaban J connectivity index is 2.46. The number of methoxy groups -OCH3 is 2. The quantitative estimate of drug-likeness (QED) is 0.347. The highest BCUT2D eigenvalue weighted by atomic mass is 16.5. The molecule has 124 valence electrons. The van der Waals surface area contributed by atoms with E-state index in [-0.39, 0.29) is 0 Å². The van der Waals surface area contributed by atoms with Crippen molar-refractivity contribution in [3.05, 3.63) is 53.6 Å². The van der Waals surface area contributed by atoms with Crippen LogP contribution in [0.5, 0.6) is 11.5 Å². The van der Waals surface area contributed by atoms with E-state index in [0.29, 0.717) is 6.42 Å². The predicted molar refractivity (Wildman–Crippen MR) is 96.0 cm³/mol. The minimum Gasteiger partial charge on any atom is -0.497 e. The molecule has 0 aliphatic rings. The summed E-state index contributed by atoms with van der Waals surface area (Å²) < 4.78 is 10.6. The lowest BCUT2D eigenvalue weighted by atomic mass is 10.1. The highest BCUT2D eigenvalue weighted by Gasteiger charge is 2.01. The summed E-state index contributed by atoms with van der Waals surface area (Å²) in [6.07, 6.45) is 14.8. The van der Waals surface area contributed by atoms with Crippen LogP contribution in [-0.4, -0.2) is 20.5 Å². The maximum Gasteiger partial charge on any atom is 0.126 e. The smallest absolute Gasteiger partial charge is 0.126 e. The first-order chi connectivity index (χ1) is 11.2. The lowest BCUT2D eigenvalue weighted by Gasteiger charge is -2.06. The largest absolute Gasteiger partial charge is 0.497 e. The van der Waals surface area contributed by atoms with Gasteiger partial charge in [-0.05, 0) is 44.4 Å². The van der Waals surface area contributed by atoms with E-state index in [9.17, 15) is 4.79 Å². The van der Waals surface area contributed by atoms with Crippen molar-refractivity contribution in [1.82, 2.24) is 0 Å². The average Bonchev–Trinajstić information content (AvgIpc) is 2.58. The van der Waals surface area contributed by atoms with E-state index in [2.05, 4.69) is 30.4 Å². The Morgan fingerprint density at radius 1 is 1.09 bits per heavy atom. The first kappa shape index (κ1) is 18.8. The van der Waals surface area contributed by atoms with Gasteiger partial charge < -0.3 is 14.3 Å². The number of benzene rings is 1. The van der Waals surface area contributed by atoms with Crippen LogP contribution < -0.4 is 9.47 Å². The third-order valence-corrected chi connectivity index (χ3v) is 3.41. The molecule has 3 heteroatoms. The molecule has 0 saturated heterocycles. The predicted octanol–water partition coefficient (Wildman–Crippen LogP) is 4.98. The highest BCUT2D eigenvalue weighted by Crippen LogP contribution is 2.25. The van der Waals surface area contributed by atoms with Crippen LogP contribution in [0.2, 0.25) is 0 Å². The standard InChI is InChI=1S/C20H26O3/c1-17(11-9-15-21)10-7-5-4-6-8-12-18-16-19(22-2)13-14-20(18)23-3/h5,7-8,10,12-16H,4,6,9,11H2,1-3H3/b7-5?,12-8-,17-10?. The Kier molecular flexibility index (Phi) is 9.22. The van der Waals surface area contributed by atoms with Crippen LogP contribution >= 0.6 is 0 Å². The van der Waals surface area contributed by atoms with E-state index in [1.165, 1.54) is 5.57 Å². The zero-order valence-electron chi connectivity index (χ0n) is 14.2. The van der Waals surface area contributed by atoms with Crippen LogP contribution in [0.4, 0.5) is 0 Å². The van der Waals surface area contributed by atoms with E-state index < -0.39 is 0 Å². The molecule has 23 heavy (non-hydrogen) atoms. The molecule has 3 nitrogen and oxygen atoms in total. The molecule has 1 aromatic rings. The fourth-order valence-corrected chi connectivity index (χ4v) is 2.07. The number of ether oxygens (including phenoxy) is 2. The first-order valence-corrected chi connectivity index (χ1v) is 7.85. The summed E-state index contributed by atoms with van der Waals surface area (Å²) in [5, 5.41) is 0. The molecule has 0 bridgehead atoms. The summed E-state index contributed by atoms with van der Waals surface area (Å²) in [5.74, 6) is 1.66. The van der Waals surface area contributed by atoms with Crippen LogP contribution in [0.1, 0.15) is 38.2 Å². The maximum absolute atomic E-state index is 10.3. The summed E-state index contributed by atoms with van der Waals surface area (Å²) in [7, 11) is 3.33. The van der Waals surface area contributed by atoms with Crippen molar-refractivity contribution >= 4 is 12.4 Å². The third kappa shape index (κ3) is 7.50. The number of unbranched alkanes of at least 4 members (excludes halogenated alkanes) is 1. The molecule has 0 unspecified atom stereocenters. The van der Waals surface area contributed by atoms with Crippen LogP contribution in [0.3, 0.4) is 0 Å². The van der Waals surface area contributed by atoms with Gasteiger partial charge in [0.05, 0.1) is 14.2 Å². The molecule has 0 fully saturated rings. The number of hydrogen-bond donors (Lipinski definition) is 0. The van der Waals surface area contributed by atoms with E-state index >= 15 is 0 Å². The summed E-state index contributed by atoms with van der Waals surface area (Å²) >= 11 is 0. The van der Waals surface area contributed by atoms with Crippen molar-refractivity contribution in [1.29, 1.82) is 0 Å². The van der Waals surface area contributed by atoms with Crippen LogP contribution in [0, 0.1) is 0 Å². The van der Waals surface area contributed by atoms with Gasteiger partial charge in [-0.25, -0.2) is 0 Å². The van der Waals surface area contributed by atoms with Crippen LogP contribution in [0.25, 0.3) is 6.08 Å². The zero-order valence-corrected chi connectivity index (χ0v) is 14.2. The fourth-order valence-electron chi connectivity index (χ4n) is 2.07. The van der Waals surface area contributed by atoms with E-state index in [1.807, 2.05) is 25.1 Å². The topological polar surface area (TPSA) is 35.5 Å². The lowest BCUT2D eigenvalue weighted by Crippen LogP contribution is -1.89. The summed E-state index contributed by atoms with van der Waals surface area (Å²) in [6.45, 7) is 2.04. The minimum absolute atomic E-state index is 0.598. The monoisotopic (exact) mass is 314 g/mol. The molecule has 1 rings (SSSR count). The van der Waals surface area contributed by atoms with Gasteiger partial charge in [0.25, 0.3) is 0 Å². The highest BCUT2D eigenvalue weighted by molar-refractivity contribution is 5.59. The molecule has 1 aromatic carbocycles. The Labute approximate surface area is 139 Å². The SMILES string of the molecule is COc1ccc(OC)c(/C=C\CCC=CC=C(C)CCC=O)c1. The average molecular weight is 314 g/mol. The van der Waals surface area contributed by atoms with Crippen molar-refractivity contribution < 1.29 is 14.3 Å². The van der Waals surface area contributed by atoms with Crippen molar-refractivity contribution in [2.45, 2.75) is 32.6 Å². The van der Waals surface area contributed by atoms with Gasteiger partial charge in [-0.3, -0.25) is 0 Å². The van der Waals surface area contributed by atoms with Crippen LogP contribution in [-0.2, 0) is 4.79 Å². The molecular weight excluding hydrogens is 288 g/mol. The second-order valence-corrected chi connectivity index (χ2v) is 5.23. The van der Waals surface area contributed by atoms with Crippen molar-refractivity contribution in [2.75, 3.05) is 14.2 Å². The molecular formula is C20H26O3. The van der Waals surface area contributed by atoms with Gasteiger partial charge in [-0.2, -0.15) is 0 Å². The molecule has 0 spiro atoms. The molecule has 0 saturated carbocycles. The van der Waals surface area contributed by atoms with Crippen molar-refractivity contribution in [3.63, 3.8) is 0 Å². The molecule has 0 aliphatic carbocycles. The van der Waals surface area contributed by atoms with E-state index in [4.69, 9.17) is 9.47 Å². The Morgan fingerprint density at radius 2 is 1.87 bits per heavy atom. The van der Waals surface area contributed by atoms with Crippen molar-refractivity contribution in [3.8, 4) is 11.5 Å². The normalized spacial score (nSPS) is 12.0. The zero-order chi connectivity index (χ0) is 16.9. The van der Waals surface area contributed by atoms with Crippen LogP contribution in [0.15, 0.2) is 48.1 Å². The summed E-state index contributed by atoms with van der Waals surface area (Å²) in [6, 6.07) is 5.76. The van der Waals surface area contributed by atoms with E-state index in [1.54, 1.807) is 14.2 Å². The number of aldehydes is 1. The second-order valence-electron chi connectivity index (χ2n) is 5.23. The number of allylic oxidation sites excluding steroid dienone is 5. The second kappa shape index (κ2) is 11.3. The van der Waals surface area contributed by atoms with Gasteiger partial charge in [0.1, 0.15) is 17.8 Å². The molecule has 0 N–H and O–H groups in total. The van der Waals surface area contributed by atoms with Crippen molar-refractivity contribution in [2.24, 2.45) is 0 Å². The number of carbonyl (C=O) groups excluding carboxylic acids is 1. The van der Waals surface area contributed by atoms with Gasteiger partial charge in [0.15, 0.2) is 0 Å². The van der Waals surface area contributed by atoms with Gasteiger partial charge >= 0.3 is 0 Å². The minimum atomic E-state index is 0.598. The maximum atomic E-state index is 10.3. The Hall–Kier alpha value is -2.29. The Morgan fingerprint density at radius 3 is 2.57 bits per heavy atom. The summed E-state index contributed by atoms with van der Waals surface area (Å²) in [5.41, 5.74) is 2.24. The fraction of sp³-hybridized carbons (Fsp3) is 0.350. The molecule has 0 heterocycles. The molecule has 0 aliphatic heterocycles. The molecule has 0 atom stereocenters. The number of rotatable bonds is 10. The van der Waals surface area contributed by atoms with Gasteiger partial charge in [0, 0.05) is 12.0 Å². The molecule has 0 aromatic heterocycles. The van der Waals surface area contributed by atoms with Gasteiger partial charge in [0.2, 0.25) is 0 Å². The Bertz CT molecular complexity index is 568. The third-order valence-electron chi connectivity index (χ3n) is 3.41.